The number of hydrogen-bond donors (Lipinski definition) is 2. The summed E-state index contributed by atoms with van der Waals surface area (Å²) in [5, 5.41) is 16.3. The average Bonchev–Trinajstić information content (AvgIpc) is 3.30. The van der Waals surface area contributed by atoms with Crippen molar-refractivity contribution in [2.75, 3.05) is 11.9 Å². The minimum atomic E-state index is -0.884. The Balaban J connectivity index is 1.39. The van der Waals surface area contributed by atoms with E-state index < -0.39 is 17.5 Å². The molecule has 0 spiro atoms. The Morgan fingerprint density at radius 2 is 2.04 bits per heavy atom. The molecule has 1 aliphatic carbocycles. The van der Waals surface area contributed by atoms with Crippen molar-refractivity contribution in [1.82, 2.24) is 30.4 Å². The minimum absolute atomic E-state index is 0.158. The average molecular weight is 355 g/mol. The van der Waals surface area contributed by atoms with Crippen LogP contribution in [0.4, 0.5) is 10.5 Å². The van der Waals surface area contributed by atoms with Crippen LogP contribution in [0.15, 0.2) is 30.6 Å². The second kappa shape index (κ2) is 5.90. The van der Waals surface area contributed by atoms with E-state index in [4.69, 9.17) is 0 Å². The molecule has 1 aromatic carbocycles. The van der Waals surface area contributed by atoms with Gasteiger partial charge in [0.05, 0.1) is 5.69 Å². The molecule has 1 aromatic heterocycles. The Morgan fingerprint density at radius 1 is 1.31 bits per heavy atom. The zero-order chi connectivity index (χ0) is 18.3. The van der Waals surface area contributed by atoms with E-state index in [0.717, 1.165) is 23.4 Å². The van der Waals surface area contributed by atoms with Gasteiger partial charge in [0.1, 0.15) is 18.4 Å². The van der Waals surface area contributed by atoms with Crippen LogP contribution in [0, 0.1) is 5.92 Å². The monoisotopic (exact) mass is 355 g/mol. The standard InChI is InChI=1S/C16H17N7O3/c1-16(10-2-3-10)14(25)22(15(26)19-16)8-13(24)18-11-4-6-12(7-5-11)23-9-17-20-21-23/h4-7,9-10H,2-3,8H2,1H3,(H,18,24)(H,19,26). The van der Waals surface area contributed by atoms with Crippen LogP contribution in [0.3, 0.4) is 0 Å². The van der Waals surface area contributed by atoms with Gasteiger partial charge in [0.25, 0.3) is 5.91 Å². The van der Waals surface area contributed by atoms with Gasteiger partial charge in [-0.25, -0.2) is 9.48 Å². The van der Waals surface area contributed by atoms with Crippen molar-refractivity contribution in [1.29, 1.82) is 0 Å². The van der Waals surface area contributed by atoms with E-state index in [9.17, 15) is 14.4 Å². The lowest BCUT2D eigenvalue weighted by atomic mass is 9.96. The highest BCUT2D eigenvalue weighted by Crippen LogP contribution is 2.42. The first-order chi connectivity index (χ1) is 12.5. The second-order valence-corrected chi connectivity index (χ2v) is 6.65. The SMILES string of the molecule is CC1(C2CC2)NC(=O)N(CC(=O)Nc2ccc(-n3cnnn3)cc2)C1=O. The molecular weight excluding hydrogens is 338 g/mol. The highest BCUT2D eigenvalue weighted by Gasteiger charge is 2.56. The summed E-state index contributed by atoms with van der Waals surface area (Å²) in [5.74, 6) is -0.622. The Kier molecular flexibility index (Phi) is 3.67. The molecule has 1 saturated heterocycles. The summed E-state index contributed by atoms with van der Waals surface area (Å²) in [6.45, 7) is 1.41. The zero-order valence-electron chi connectivity index (χ0n) is 14.0. The number of carbonyl (C=O) groups excluding carboxylic acids is 3. The molecule has 2 N–H and O–H groups in total. The van der Waals surface area contributed by atoms with E-state index >= 15 is 0 Å². The number of hydrogen-bond acceptors (Lipinski definition) is 6. The van der Waals surface area contributed by atoms with Gasteiger partial charge in [0.2, 0.25) is 5.91 Å². The number of urea groups is 1. The molecule has 4 rings (SSSR count). The van der Waals surface area contributed by atoms with Gasteiger partial charge in [-0.3, -0.25) is 14.5 Å². The summed E-state index contributed by atoms with van der Waals surface area (Å²) in [4.78, 5) is 37.8. The van der Waals surface area contributed by atoms with Crippen LogP contribution in [0.1, 0.15) is 19.8 Å². The maximum atomic E-state index is 12.5. The van der Waals surface area contributed by atoms with Crippen molar-refractivity contribution in [3.8, 4) is 5.69 Å². The summed E-state index contributed by atoms with van der Waals surface area (Å²) < 4.78 is 1.48. The van der Waals surface area contributed by atoms with Crippen LogP contribution in [0.5, 0.6) is 0 Å². The Bertz CT molecular complexity index is 860. The molecule has 2 aliphatic rings. The number of carbonyl (C=O) groups is 3. The first kappa shape index (κ1) is 16.2. The Labute approximate surface area is 148 Å². The van der Waals surface area contributed by atoms with Crippen LogP contribution in [0.25, 0.3) is 5.69 Å². The highest BCUT2D eigenvalue weighted by atomic mass is 16.2. The fourth-order valence-electron chi connectivity index (χ4n) is 3.12. The van der Waals surface area contributed by atoms with Crippen LogP contribution >= 0.6 is 0 Å². The third kappa shape index (κ3) is 2.79. The molecule has 0 radical (unpaired) electrons. The maximum Gasteiger partial charge on any atom is 0.325 e. The number of amides is 4. The number of rotatable bonds is 5. The molecule has 4 amide bonds. The van der Waals surface area contributed by atoms with Crippen LogP contribution in [-0.2, 0) is 9.59 Å². The van der Waals surface area contributed by atoms with Crippen molar-refractivity contribution in [3.63, 3.8) is 0 Å². The summed E-state index contributed by atoms with van der Waals surface area (Å²) >= 11 is 0. The maximum absolute atomic E-state index is 12.5. The molecule has 10 nitrogen and oxygen atoms in total. The number of imide groups is 1. The Hall–Kier alpha value is -3.30. The second-order valence-electron chi connectivity index (χ2n) is 6.65. The number of anilines is 1. The molecule has 1 atom stereocenters. The largest absolute Gasteiger partial charge is 0.325 e. The molecule has 10 heteroatoms. The predicted molar refractivity (Wildman–Crippen MR) is 89.2 cm³/mol. The fraction of sp³-hybridized carbons (Fsp3) is 0.375. The lowest BCUT2D eigenvalue weighted by Crippen LogP contribution is -2.46. The molecular formula is C16H17N7O3. The number of nitrogens with zero attached hydrogens (tertiary/aromatic N) is 5. The van der Waals surface area contributed by atoms with Crippen molar-refractivity contribution in [2.45, 2.75) is 25.3 Å². The van der Waals surface area contributed by atoms with Crippen molar-refractivity contribution in [3.05, 3.63) is 30.6 Å². The third-order valence-electron chi connectivity index (χ3n) is 4.76. The first-order valence-corrected chi connectivity index (χ1v) is 8.25. The molecule has 26 heavy (non-hydrogen) atoms. The smallest absolute Gasteiger partial charge is 0.325 e. The summed E-state index contributed by atoms with van der Waals surface area (Å²) in [6, 6.07) is 6.34. The summed E-state index contributed by atoms with van der Waals surface area (Å²) in [7, 11) is 0. The quantitative estimate of drug-likeness (QED) is 0.745. The lowest BCUT2D eigenvalue weighted by Gasteiger charge is -2.20. The number of benzene rings is 1. The van der Waals surface area contributed by atoms with Crippen LogP contribution in [-0.4, -0.2) is 55.0 Å². The summed E-state index contributed by atoms with van der Waals surface area (Å²) in [5.41, 5.74) is 0.399. The molecule has 2 aromatic rings. The fourth-order valence-corrected chi connectivity index (χ4v) is 3.12. The number of aromatic nitrogens is 4. The van der Waals surface area contributed by atoms with Gasteiger partial charge in [-0.2, -0.15) is 0 Å². The van der Waals surface area contributed by atoms with E-state index in [-0.39, 0.29) is 18.4 Å². The third-order valence-corrected chi connectivity index (χ3v) is 4.76. The van der Waals surface area contributed by atoms with Gasteiger partial charge < -0.3 is 10.6 Å². The lowest BCUT2D eigenvalue weighted by molar-refractivity contribution is -0.134. The molecule has 0 bridgehead atoms. The van der Waals surface area contributed by atoms with E-state index in [1.807, 2.05) is 0 Å². The van der Waals surface area contributed by atoms with Crippen molar-refractivity contribution < 1.29 is 14.4 Å². The highest BCUT2D eigenvalue weighted by molar-refractivity contribution is 6.10. The molecule has 1 aliphatic heterocycles. The molecule has 1 unspecified atom stereocenters. The zero-order valence-corrected chi connectivity index (χ0v) is 14.0. The van der Waals surface area contributed by atoms with Crippen LogP contribution in [0.2, 0.25) is 0 Å². The van der Waals surface area contributed by atoms with E-state index in [0.29, 0.717) is 5.69 Å². The Morgan fingerprint density at radius 3 is 2.65 bits per heavy atom. The number of tetrazole rings is 1. The van der Waals surface area contributed by atoms with Gasteiger partial charge >= 0.3 is 6.03 Å². The minimum Gasteiger partial charge on any atom is -0.325 e. The summed E-state index contributed by atoms with van der Waals surface area (Å²) in [6.07, 6.45) is 3.29. The first-order valence-electron chi connectivity index (χ1n) is 8.25. The van der Waals surface area contributed by atoms with Crippen molar-refractivity contribution >= 4 is 23.5 Å². The molecule has 2 fully saturated rings. The molecule has 134 valence electrons. The van der Waals surface area contributed by atoms with Crippen molar-refractivity contribution in [2.24, 2.45) is 5.92 Å². The number of nitrogens with one attached hydrogen (secondary N) is 2. The van der Waals surface area contributed by atoms with E-state index in [2.05, 4.69) is 26.2 Å². The molecule has 2 heterocycles. The predicted octanol–water partition coefficient (Wildman–Crippen LogP) is 0.321. The van der Waals surface area contributed by atoms with Crippen LogP contribution < -0.4 is 10.6 Å². The van der Waals surface area contributed by atoms with Gasteiger partial charge in [-0.1, -0.05) is 0 Å². The van der Waals surface area contributed by atoms with Gasteiger partial charge in [-0.05, 0) is 60.4 Å². The van der Waals surface area contributed by atoms with Gasteiger partial charge in [-0.15, -0.1) is 5.10 Å². The molecule has 1 saturated carbocycles. The topological polar surface area (TPSA) is 122 Å². The normalized spacial score (nSPS) is 22.4. The van der Waals surface area contributed by atoms with Gasteiger partial charge in [0, 0.05) is 5.69 Å². The van der Waals surface area contributed by atoms with Gasteiger partial charge in [0.15, 0.2) is 0 Å². The van der Waals surface area contributed by atoms with E-state index in [1.165, 1.54) is 11.0 Å². The van der Waals surface area contributed by atoms with E-state index in [1.54, 1.807) is 31.2 Å².